The van der Waals surface area contributed by atoms with E-state index in [1.54, 1.807) is 70.0 Å². The van der Waals surface area contributed by atoms with Crippen LogP contribution >= 0.6 is 11.6 Å². The van der Waals surface area contributed by atoms with Gasteiger partial charge in [0.2, 0.25) is 17.9 Å². The first-order valence-corrected chi connectivity index (χ1v) is 18.6. The second kappa shape index (κ2) is 13.6. The standard InChI is InChI=1S/C43H30ClN7O7/c1-25-35-38-37(27-13-19-32(20-14-27)51(52)53)39(57-47-38)43(28-15-17-29(44)18-16-28)56-40(48-58-43)36-26(2)46-50(31-11-7-4-8-12-31)42(36)55-34-23-21-33(22-24-34)54-41(35)49(45-25)30-9-5-3-6-10-30/h3-24,37,39H,1-2H3/t37-,39-,43+/m1/s1. The molecule has 6 bridgehead atoms. The number of halogens is 1. The lowest BCUT2D eigenvalue weighted by molar-refractivity contribution is -0.384. The van der Waals surface area contributed by atoms with Crippen LogP contribution in [0, 0.1) is 24.0 Å². The summed E-state index contributed by atoms with van der Waals surface area (Å²) in [6.07, 6.45) is -1.10. The van der Waals surface area contributed by atoms with Gasteiger partial charge in [-0.2, -0.15) is 19.6 Å². The van der Waals surface area contributed by atoms with Gasteiger partial charge in [-0.3, -0.25) is 10.1 Å². The largest absolute Gasteiger partial charge is 0.438 e. The molecule has 6 heterocycles. The third-order valence-electron chi connectivity index (χ3n) is 10.2. The second-order valence-corrected chi connectivity index (χ2v) is 14.2. The maximum atomic E-state index is 11.8. The van der Waals surface area contributed by atoms with Crippen molar-refractivity contribution in [2.45, 2.75) is 31.7 Å². The van der Waals surface area contributed by atoms with Crippen LogP contribution in [0.25, 0.3) is 11.4 Å². The quantitative estimate of drug-likeness (QED) is 0.123. The molecule has 0 saturated carbocycles. The van der Waals surface area contributed by atoms with Crippen molar-refractivity contribution in [3.63, 3.8) is 0 Å². The van der Waals surface area contributed by atoms with Crippen LogP contribution in [0.15, 0.2) is 144 Å². The Hall–Kier alpha value is -7.45. The predicted octanol–water partition coefficient (Wildman–Crippen LogP) is 9.28. The average Bonchev–Trinajstić information content (AvgIpc) is 4.03. The van der Waals surface area contributed by atoms with E-state index in [2.05, 4.69) is 5.16 Å². The average molecular weight is 792 g/mol. The van der Waals surface area contributed by atoms with Gasteiger partial charge >= 0.3 is 5.79 Å². The fraction of sp³-hybridized carbons (Fsp3) is 0.116. The normalized spacial score (nSPS) is 19.0. The highest BCUT2D eigenvalue weighted by Gasteiger charge is 2.60. The van der Waals surface area contributed by atoms with Gasteiger partial charge in [0.05, 0.1) is 39.2 Å². The molecular weight excluding hydrogens is 762 g/mol. The first kappa shape index (κ1) is 35.0. The summed E-state index contributed by atoms with van der Waals surface area (Å²) in [5.41, 5.74) is 5.01. The van der Waals surface area contributed by atoms with E-state index in [1.807, 2.05) is 74.5 Å². The van der Waals surface area contributed by atoms with Crippen molar-refractivity contribution in [3.05, 3.63) is 182 Å². The van der Waals surface area contributed by atoms with Crippen LogP contribution in [0.1, 0.15) is 39.6 Å². The Morgan fingerprint density at radius 3 is 1.81 bits per heavy atom. The minimum Gasteiger partial charge on any atom is -0.438 e. The number of benzene rings is 5. The summed E-state index contributed by atoms with van der Waals surface area (Å²) >= 11 is 6.42. The van der Waals surface area contributed by atoms with Gasteiger partial charge in [-0.25, -0.2) is 0 Å². The minimum absolute atomic E-state index is 0.0740. The summed E-state index contributed by atoms with van der Waals surface area (Å²) in [5.74, 6) is -0.898. The molecule has 4 aliphatic heterocycles. The number of para-hydroxylation sites is 2. The van der Waals surface area contributed by atoms with E-state index in [0.29, 0.717) is 67.6 Å². The number of hydrogen-bond donors (Lipinski definition) is 0. The molecule has 7 aromatic rings. The number of rotatable bonds is 5. The molecule has 0 radical (unpaired) electrons. The lowest BCUT2D eigenvalue weighted by Crippen LogP contribution is -2.46. The number of aromatic nitrogens is 4. The number of nitro groups is 1. The molecular formula is C43H30ClN7O7. The first-order valence-electron chi connectivity index (χ1n) is 18.2. The van der Waals surface area contributed by atoms with Crippen LogP contribution in [0.3, 0.4) is 0 Å². The first-order chi connectivity index (χ1) is 28.3. The van der Waals surface area contributed by atoms with E-state index in [4.69, 9.17) is 50.8 Å². The van der Waals surface area contributed by atoms with E-state index in [1.165, 1.54) is 12.1 Å². The fourth-order valence-corrected chi connectivity index (χ4v) is 7.61. The van der Waals surface area contributed by atoms with Crippen LogP contribution < -0.4 is 9.47 Å². The maximum absolute atomic E-state index is 11.8. The molecule has 14 nitrogen and oxygen atoms in total. The van der Waals surface area contributed by atoms with Crippen LogP contribution in [0.5, 0.6) is 23.3 Å². The number of non-ortho nitro benzene ring substituents is 1. The molecule has 3 atom stereocenters. The highest BCUT2D eigenvalue weighted by molar-refractivity contribution is 6.30. The molecule has 0 spiro atoms. The van der Waals surface area contributed by atoms with Gasteiger partial charge in [-0.1, -0.05) is 65.3 Å². The lowest BCUT2D eigenvalue weighted by atomic mass is 9.80. The van der Waals surface area contributed by atoms with Crippen LogP contribution in [-0.4, -0.2) is 42.2 Å². The third-order valence-corrected chi connectivity index (χ3v) is 10.5. The van der Waals surface area contributed by atoms with Crippen LogP contribution in [0.2, 0.25) is 5.02 Å². The highest BCUT2D eigenvalue weighted by atomic mass is 35.5. The third kappa shape index (κ3) is 5.72. The van der Waals surface area contributed by atoms with E-state index in [0.717, 1.165) is 11.4 Å². The zero-order valence-electron chi connectivity index (χ0n) is 30.7. The zero-order chi connectivity index (χ0) is 39.5. The summed E-state index contributed by atoms with van der Waals surface area (Å²) in [6, 6.07) is 39.4. The number of fused-ring (bicyclic) bond motifs is 2. The molecule has 0 aliphatic carbocycles. The van der Waals surface area contributed by atoms with Crippen molar-refractivity contribution < 1.29 is 28.8 Å². The van der Waals surface area contributed by atoms with Gasteiger partial charge in [-0.15, -0.1) is 0 Å². The van der Waals surface area contributed by atoms with Crippen molar-refractivity contribution in [2.75, 3.05) is 0 Å². The Labute approximate surface area is 335 Å². The molecule has 0 saturated heterocycles. The smallest absolute Gasteiger partial charge is 0.344 e. The monoisotopic (exact) mass is 791 g/mol. The van der Waals surface area contributed by atoms with Crippen LogP contribution in [-0.2, 0) is 20.2 Å². The Morgan fingerprint density at radius 1 is 0.690 bits per heavy atom. The van der Waals surface area contributed by atoms with Gasteiger partial charge in [0, 0.05) is 22.7 Å². The van der Waals surface area contributed by atoms with Gasteiger partial charge in [-0.05, 0) is 97.4 Å². The Balaban J connectivity index is 1.23. The number of oxime groups is 2. The Kier molecular flexibility index (Phi) is 8.23. The van der Waals surface area contributed by atoms with Crippen molar-refractivity contribution in [1.29, 1.82) is 0 Å². The van der Waals surface area contributed by atoms with E-state index < -0.39 is 22.7 Å². The van der Waals surface area contributed by atoms with Crippen molar-refractivity contribution >= 4 is 28.9 Å². The topological polar surface area (TPSA) is 150 Å². The molecule has 0 fully saturated rings. The van der Waals surface area contributed by atoms with Crippen molar-refractivity contribution in [2.24, 2.45) is 10.3 Å². The van der Waals surface area contributed by atoms with Gasteiger partial charge < -0.3 is 23.9 Å². The number of ether oxygens (including phenoxy) is 3. The minimum atomic E-state index is -1.81. The number of hydrogen-bond acceptors (Lipinski definition) is 11. The Bertz CT molecular complexity index is 2770. The molecule has 15 heteroatoms. The van der Waals surface area contributed by atoms with Gasteiger partial charge in [0.25, 0.3) is 11.6 Å². The number of nitro benzene ring substituents is 1. The summed E-state index contributed by atoms with van der Waals surface area (Å²) < 4.78 is 23.8. The molecule has 2 aromatic heterocycles. The Morgan fingerprint density at radius 2 is 1.24 bits per heavy atom. The number of aryl methyl sites for hydroxylation is 2. The van der Waals surface area contributed by atoms with Crippen molar-refractivity contribution in [1.82, 2.24) is 19.6 Å². The number of nitrogens with zero attached hydrogens (tertiary/aromatic N) is 7. The van der Waals surface area contributed by atoms with Crippen LogP contribution in [0.4, 0.5) is 5.69 Å². The molecule has 286 valence electrons. The van der Waals surface area contributed by atoms with E-state index >= 15 is 0 Å². The summed E-state index contributed by atoms with van der Waals surface area (Å²) in [7, 11) is 0. The van der Waals surface area contributed by atoms with E-state index in [-0.39, 0.29) is 11.6 Å². The molecule has 0 N–H and O–H groups in total. The van der Waals surface area contributed by atoms with Gasteiger partial charge in [0.1, 0.15) is 22.8 Å². The molecule has 5 aromatic carbocycles. The zero-order valence-corrected chi connectivity index (χ0v) is 31.5. The molecule has 11 rings (SSSR count). The lowest BCUT2D eigenvalue weighted by Gasteiger charge is -2.33. The fourth-order valence-electron chi connectivity index (χ4n) is 7.48. The van der Waals surface area contributed by atoms with Crippen molar-refractivity contribution in [3.8, 4) is 34.6 Å². The molecule has 4 aliphatic rings. The highest BCUT2D eigenvalue weighted by Crippen LogP contribution is 2.50. The SMILES string of the molecule is Cc1nn(-c2ccccc2)c2c1C1=NO[C@](c3ccc(Cl)cc3)(O1)[C@@H]1ON=C(c3c(C)nn(-c4ccccc4)c3Oc3ccc(cc3)O2)[C@H]1c1ccc([N+](=O)[O-])cc1. The summed E-state index contributed by atoms with van der Waals surface area (Å²) in [4.78, 5) is 24.4. The van der Waals surface area contributed by atoms with E-state index in [9.17, 15) is 10.1 Å². The summed E-state index contributed by atoms with van der Waals surface area (Å²) in [5, 5.41) is 31.5. The predicted molar refractivity (Wildman–Crippen MR) is 212 cm³/mol. The molecule has 58 heavy (non-hydrogen) atoms. The molecule has 0 unspecified atom stereocenters. The summed E-state index contributed by atoms with van der Waals surface area (Å²) in [6.45, 7) is 3.68. The second-order valence-electron chi connectivity index (χ2n) is 13.8. The maximum Gasteiger partial charge on any atom is 0.344 e. The van der Waals surface area contributed by atoms with Gasteiger partial charge in [0.15, 0.2) is 0 Å². The molecule has 0 amide bonds.